The summed E-state index contributed by atoms with van der Waals surface area (Å²) in [6.45, 7) is 8.09. The van der Waals surface area contributed by atoms with Crippen LogP contribution in [0, 0.1) is 5.92 Å². The molecule has 0 aliphatic carbocycles. The molecular weight excluding hydrogens is 244 g/mol. The third kappa shape index (κ3) is 4.26. The van der Waals surface area contributed by atoms with Crippen molar-refractivity contribution in [1.29, 1.82) is 0 Å². The van der Waals surface area contributed by atoms with Crippen LogP contribution in [0.5, 0.6) is 0 Å². The van der Waals surface area contributed by atoms with Crippen LogP contribution in [0.4, 0.5) is 4.79 Å². The third-order valence-electron chi connectivity index (χ3n) is 3.72. The molecule has 2 amide bonds. The summed E-state index contributed by atoms with van der Waals surface area (Å²) in [7, 11) is 0. The van der Waals surface area contributed by atoms with E-state index in [1.54, 1.807) is 6.08 Å². The van der Waals surface area contributed by atoms with E-state index in [9.17, 15) is 14.7 Å². The zero-order chi connectivity index (χ0) is 14.4. The van der Waals surface area contributed by atoms with E-state index in [0.717, 1.165) is 12.8 Å². The third-order valence-corrected chi connectivity index (χ3v) is 3.72. The van der Waals surface area contributed by atoms with Gasteiger partial charge in [0.25, 0.3) is 0 Å². The number of aliphatic carboxylic acids is 1. The maximum atomic E-state index is 12.1. The van der Waals surface area contributed by atoms with E-state index in [1.165, 1.54) is 4.90 Å². The molecule has 1 aliphatic rings. The van der Waals surface area contributed by atoms with Gasteiger partial charge in [-0.1, -0.05) is 19.4 Å². The number of carbonyl (C=O) groups is 2. The fraction of sp³-hybridized carbons (Fsp3) is 0.714. The summed E-state index contributed by atoms with van der Waals surface area (Å²) in [5.41, 5.74) is 0. The molecule has 5 heteroatoms. The minimum atomic E-state index is -0.912. The van der Waals surface area contributed by atoms with E-state index in [2.05, 4.69) is 18.8 Å². The van der Waals surface area contributed by atoms with Gasteiger partial charge < -0.3 is 15.3 Å². The molecule has 0 aromatic heterocycles. The highest BCUT2D eigenvalue weighted by Crippen LogP contribution is 2.25. The van der Waals surface area contributed by atoms with Crippen LogP contribution < -0.4 is 5.32 Å². The molecular formula is C14H24N2O3. The molecule has 0 radical (unpaired) electrons. The summed E-state index contributed by atoms with van der Waals surface area (Å²) in [6.07, 6.45) is 4.81. The van der Waals surface area contributed by atoms with Crippen LogP contribution in [0.1, 0.15) is 39.5 Å². The number of nitrogens with one attached hydrogen (secondary N) is 1. The Labute approximate surface area is 114 Å². The van der Waals surface area contributed by atoms with Crippen LogP contribution in [0.3, 0.4) is 0 Å². The van der Waals surface area contributed by atoms with Crippen molar-refractivity contribution in [1.82, 2.24) is 10.2 Å². The molecule has 0 aromatic carbocycles. The molecule has 0 spiro atoms. The van der Waals surface area contributed by atoms with E-state index < -0.39 is 12.0 Å². The Balaban J connectivity index is 2.66. The first-order valence-corrected chi connectivity index (χ1v) is 6.90. The van der Waals surface area contributed by atoms with Gasteiger partial charge in [0.05, 0.1) is 0 Å². The van der Waals surface area contributed by atoms with Gasteiger partial charge in [0, 0.05) is 12.6 Å². The van der Waals surface area contributed by atoms with Crippen LogP contribution in [0.15, 0.2) is 12.7 Å². The van der Waals surface area contributed by atoms with Gasteiger partial charge in [-0.05, 0) is 32.1 Å². The highest BCUT2D eigenvalue weighted by molar-refractivity contribution is 5.83. The maximum absolute atomic E-state index is 12.1. The summed E-state index contributed by atoms with van der Waals surface area (Å²) in [6, 6.07) is -1.01. The molecule has 2 N–H and O–H groups in total. The monoisotopic (exact) mass is 268 g/mol. The molecule has 0 saturated carbocycles. The number of rotatable bonds is 5. The molecule has 0 bridgehead atoms. The van der Waals surface area contributed by atoms with Gasteiger partial charge >= 0.3 is 12.0 Å². The minimum absolute atomic E-state index is 0.0247. The second-order valence-corrected chi connectivity index (χ2v) is 5.22. The number of nitrogens with zero attached hydrogens (tertiary/aromatic N) is 1. The molecule has 0 aromatic rings. The van der Waals surface area contributed by atoms with Gasteiger partial charge in [-0.2, -0.15) is 0 Å². The topological polar surface area (TPSA) is 69.6 Å². The number of hydrogen-bond donors (Lipinski definition) is 2. The predicted molar refractivity (Wildman–Crippen MR) is 74.0 cm³/mol. The zero-order valence-corrected chi connectivity index (χ0v) is 11.8. The number of urea groups is 1. The minimum Gasteiger partial charge on any atom is -0.480 e. The van der Waals surface area contributed by atoms with Crippen molar-refractivity contribution in [2.75, 3.05) is 6.54 Å². The summed E-state index contributed by atoms with van der Waals surface area (Å²) < 4.78 is 0. The van der Waals surface area contributed by atoms with Crippen molar-refractivity contribution < 1.29 is 14.7 Å². The average molecular weight is 268 g/mol. The lowest BCUT2D eigenvalue weighted by Crippen LogP contribution is -2.54. The van der Waals surface area contributed by atoms with Crippen LogP contribution >= 0.6 is 0 Å². The molecule has 5 nitrogen and oxygen atoms in total. The van der Waals surface area contributed by atoms with Gasteiger partial charge in [0.1, 0.15) is 6.04 Å². The fourth-order valence-electron chi connectivity index (χ4n) is 2.49. The van der Waals surface area contributed by atoms with Crippen LogP contribution in [0.25, 0.3) is 0 Å². The van der Waals surface area contributed by atoms with Gasteiger partial charge in [-0.3, -0.25) is 0 Å². The average Bonchev–Trinajstić information content (AvgIpc) is 2.38. The maximum Gasteiger partial charge on any atom is 0.326 e. The molecule has 1 saturated heterocycles. The number of carboxylic acid groups (broad SMARTS) is 1. The Hall–Kier alpha value is -1.52. The second kappa shape index (κ2) is 7.16. The normalized spacial score (nSPS) is 24.6. The number of amides is 2. The van der Waals surface area contributed by atoms with Crippen molar-refractivity contribution >= 4 is 12.0 Å². The Morgan fingerprint density at radius 2 is 2.26 bits per heavy atom. The quantitative estimate of drug-likeness (QED) is 0.751. The van der Waals surface area contributed by atoms with Crippen LogP contribution in [0.2, 0.25) is 0 Å². The SMILES string of the molecule is C=CCC(C)NC(=O)N1CCC(CC)CC1C(=O)O. The molecule has 3 atom stereocenters. The summed E-state index contributed by atoms with van der Waals surface area (Å²) in [5, 5.41) is 12.1. The predicted octanol–water partition coefficient (Wildman–Crippen LogP) is 2.24. The Morgan fingerprint density at radius 1 is 1.58 bits per heavy atom. The number of piperidine rings is 1. The smallest absolute Gasteiger partial charge is 0.326 e. The van der Waals surface area contributed by atoms with Gasteiger partial charge in [-0.25, -0.2) is 9.59 Å². The second-order valence-electron chi connectivity index (χ2n) is 5.22. The lowest BCUT2D eigenvalue weighted by atomic mass is 9.89. The lowest BCUT2D eigenvalue weighted by Gasteiger charge is -2.37. The highest BCUT2D eigenvalue weighted by atomic mass is 16.4. The van der Waals surface area contributed by atoms with Crippen molar-refractivity contribution in [3.8, 4) is 0 Å². The summed E-state index contributed by atoms with van der Waals surface area (Å²) >= 11 is 0. The fourth-order valence-corrected chi connectivity index (χ4v) is 2.49. The molecule has 108 valence electrons. The number of likely N-dealkylation sites (tertiary alicyclic amines) is 1. The molecule has 1 heterocycles. The number of carbonyl (C=O) groups excluding carboxylic acids is 1. The largest absolute Gasteiger partial charge is 0.480 e. The number of carboxylic acids is 1. The van der Waals surface area contributed by atoms with Crippen molar-refractivity contribution in [2.24, 2.45) is 5.92 Å². The molecule has 19 heavy (non-hydrogen) atoms. The standard InChI is InChI=1S/C14H24N2O3/c1-4-6-10(3)15-14(19)16-8-7-11(5-2)9-12(16)13(17)18/h4,10-12H,1,5-9H2,2-3H3,(H,15,19)(H,17,18). The molecule has 1 fully saturated rings. The van der Waals surface area contributed by atoms with Gasteiger partial charge in [-0.15, -0.1) is 6.58 Å². The van der Waals surface area contributed by atoms with Gasteiger partial charge in [0.15, 0.2) is 0 Å². The van der Waals surface area contributed by atoms with E-state index in [0.29, 0.717) is 25.3 Å². The Kier molecular flexibility index (Phi) is 5.86. The lowest BCUT2D eigenvalue weighted by molar-refractivity contribution is -0.144. The van der Waals surface area contributed by atoms with E-state index in [-0.39, 0.29) is 12.1 Å². The zero-order valence-electron chi connectivity index (χ0n) is 11.8. The number of hydrogen-bond acceptors (Lipinski definition) is 2. The Bertz CT molecular complexity index is 344. The Morgan fingerprint density at radius 3 is 2.79 bits per heavy atom. The van der Waals surface area contributed by atoms with Crippen molar-refractivity contribution in [3.63, 3.8) is 0 Å². The first-order valence-electron chi connectivity index (χ1n) is 6.90. The van der Waals surface area contributed by atoms with Crippen molar-refractivity contribution in [2.45, 2.75) is 51.6 Å². The van der Waals surface area contributed by atoms with E-state index in [4.69, 9.17) is 0 Å². The summed E-state index contributed by atoms with van der Waals surface area (Å²) in [4.78, 5) is 24.9. The molecule has 3 unspecified atom stereocenters. The van der Waals surface area contributed by atoms with Crippen LogP contribution in [-0.4, -0.2) is 40.6 Å². The van der Waals surface area contributed by atoms with E-state index >= 15 is 0 Å². The van der Waals surface area contributed by atoms with E-state index in [1.807, 2.05) is 6.92 Å². The van der Waals surface area contributed by atoms with Gasteiger partial charge in [0.2, 0.25) is 0 Å². The molecule has 1 rings (SSSR count). The summed E-state index contributed by atoms with van der Waals surface area (Å²) in [5.74, 6) is -0.513. The van der Waals surface area contributed by atoms with Crippen molar-refractivity contribution in [3.05, 3.63) is 12.7 Å². The molecule has 1 aliphatic heterocycles. The first-order chi connectivity index (χ1) is 8.99. The highest BCUT2D eigenvalue weighted by Gasteiger charge is 2.35. The van der Waals surface area contributed by atoms with Crippen LogP contribution in [-0.2, 0) is 4.79 Å². The first kappa shape index (κ1) is 15.5.